The van der Waals surface area contributed by atoms with Crippen molar-refractivity contribution in [1.82, 2.24) is 24.7 Å². The van der Waals surface area contributed by atoms with Gasteiger partial charge in [0.05, 0.1) is 24.4 Å². The van der Waals surface area contributed by atoms with Crippen LogP contribution in [0, 0.1) is 11.6 Å². The molecule has 0 aliphatic carbocycles. The summed E-state index contributed by atoms with van der Waals surface area (Å²) in [6.45, 7) is 3.25. The molecule has 3 aromatic heterocycles. The highest BCUT2D eigenvalue weighted by atomic mass is 32.2. The number of aromatic nitrogens is 5. The zero-order valence-corrected chi connectivity index (χ0v) is 22.9. The molecular weight excluding hydrogens is 554 g/mol. The lowest BCUT2D eigenvalue weighted by molar-refractivity contribution is 0.335. The van der Waals surface area contributed by atoms with Gasteiger partial charge < -0.3 is 15.8 Å². The molecule has 0 aliphatic heterocycles. The number of ether oxygens (including phenoxy) is 1. The quantitative estimate of drug-likeness (QED) is 0.214. The number of hydrogen-bond donors (Lipinski definition) is 3. The molecule has 2 aromatic carbocycles. The molecule has 3 heterocycles. The van der Waals surface area contributed by atoms with Gasteiger partial charge in [0.2, 0.25) is 10.0 Å². The third-order valence-electron chi connectivity index (χ3n) is 6.12. The van der Waals surface area contributed by atoms with E-state index in [0.29, 0.717) is 16.6 Å². The van der Waals surface area contributed by atoms with E-state index >= 15 is 0 Å². The molecule has 0 spiro atoms. The van der Waals surface area contributed by atoms with Crippen molar-refractivity contribution in [3.8, 4) is 17.3 Å². The molecular formula is C27H26F2N8O3S. The molecule has 212 valence electrons. The predicted molar refractivity (Wildman–Crippen MR) is 152 cm³/mol. The Kier molecular flexibility index (Phi) is 7.66. The highest BCUT2D eigenvalue weighted by molar-refractivity contribution is 7.92. The summed E-state index contributed by atoms with van der Waals surface area (Å²) < 4.78 is 63.7. The van der Waals surface area contributed by atoms with Gasteiger partial charge in [0.15, 0.2) is 17.5 Å². The van der Waals surface area contributed by atoms with Crippen LogP contribution >= 0.6 is 0 Å². The molecule has 0 unspecified atom stereocenters. The minimum atomic E-state index is -3.73. The van der Waals surface area contributed by atoms with E-state index in [-0.39, 0.29) is 59.1 Å². The lowest BCUT2D eigenvalue weighted by Crippen LogP contribution is -2.18. The monoisotopic (exact) mass is 580 g/mol. The van der Waals surface area contributed by atoms with E-state index in [1.807, 2.05) is 0 Å². The first-order valence-electron chi connectivity index (χ1n) is 12.6. The number of halogens is 2. The molecule has 0 bridgehead atoms. The van der Waals surface area contributed by atoms with Gasteiger partial charge in [-0.15, -0.1) is 0 Å². The first kappa shape index (κ1) is 27.7. The van der Waals surface area contributed by atoms with Crippen molar-refractivity contribution < 1.29 is 21.9 Å². The number of nitrogens with zero attached hydrogens (tertiary/aromatic N) is 5. The number of nitrogens with two attached hydrogens (primary N) is 1. The lowest BCUT2D eigenvalue weighted by atomic mass is 10.1. The summed E-state index contributed by atoms with van der Waals surface area (Å²) in [7, 11) is -3.73. The van der Waals surface area contributed by atoms with Crippen LogP contribution in [0.25, 0.3) is 22.4 Å². The van der Waals surface area contributed by atoms with Crippen LogP contribution in [0.4, 0.5) is 31.8 Å². The summed E-state index contributed by atoms with van der Waals surface area (Å²) in [4.78, 5) is 12.9. The Hall–Kier alpha value is -4.85. The van der Waals surface area contributed by atoms with Crippen LogP contribution in [-0.2, 0) is 16.6 Å². The first-order valence-corrected chi connectivity index (χ1v) is 14.3. The van der Waals surface area contributed by atoms with Gasteiger partial charge >= 0.3 is 0 Å². The fourth-order valence-corrected chi connectivity index (χ4v) is 4.78. The molecule has 0 saturated carbocycles. The number of fused-ring (bicyclic) bond motifs is 1. The van der Waals surface area contributed by atoms with Crippen molar-refractivity contribution in [3.63, 3.8) is 0 Å². The molecule has 0 saturated heterocycles. The predicted octanol–water partition coefficient (Wildman–Crippen LogP) is 4.70. The number of anilines is 4. The Morgan fingerprint density at radius 1 is 1.02 bits per heavy atom. The number of para-hydroxylation sites is 1. The van der Waals surface area contributed by atoms with E-state index in [9.17, 15) is 17.2 Å². The fourth-order valence-electron chi connectivity index (χ4n) is 4.12. The Balaban J connectivity index is 1.62. The van der Waals surface area contributed by atoms with Gasteiger partial charge in [-0.1, -0.05) is 18.2 Å². The Morgan fingerprint density at radius 3 is 2.41 bits per heavy atom. The number of nitrogen functional groups attached to an aromatic ring is 1. The van der Waals surface area contributed by atoms with E-state index in [0.717, 1.165) is 12.1 Å². The van der Waals surface area contributed by atoms with Crippen LogP contribution in [0.3, 0.4) is 0 Å². The van der Waals surface area contributed by atoms with Crippen molar-refractivity contribution in [2.75, 3.05) is 28.1 Å². The summed E-state index contributed by atoms with van der Waals surface area (Å²) in [6, 6.07) is 12.7. The van der Waals surface area contributed by atoms with Crippen LogP contribution in [0.5, 0.6) is 5.75 Å². The standard InChI is InChI=1S/C27H26F2N8O3S/c1-3-40-17-13-20(28)19(21(29)14-17)15-37-22-8-6-5-7-18(22)23(35-37)26-33-25(30)24(36-41(38,39)4-2)27(34-26)32-16-9-11-31-12-10-16/h5-14,36H,3-4,15H2,1-2H3,(H3,30,31,32,33,34). The molecule has 14 heteroatoms. The molecule has 0 amide bonds. The molecule has 11 nitrogen and oxygen atoms in total. The highest BCUT2D eigenvalue weighted by Gasteiger charge is 2.23. The largest absolute Gasteiger partial charge is 0.494 e. The summed E-state index contributed by atoms with van der Waals surface area (Å²) in [5.74, 6) is -1.65. The third kappa shape index (κ3) is 5.87. The summed E-state index contributed by atoms with van der Waals surface area (Å²) in [6.07, 6.45) is 3.11. The molecule has 4 N–H and O–H groups in total. The van der Waals surface area contributed by atoms with E-state index in [1.165, 1.54) is 11.6 Å². The molecule has 0 aliphatic rings. The second-order valence-electron chi connectivity index (χ2n) is 8.84. The van der Waals surface area contributed by atoms with E-state index in [4.69, 9.17) is 10.5 Å². The average molecular weight is 581 g/mol. The number of benzene rings is 2. The van der Waals surface area contributed by atoms with Crippen LogP contribution < -0.4 is 20.5 Å². The smallest absolute Gasteiger partial charge is 0.232 e. The molecule has 41 heavy (non-hydrogen) atoms. The minimum absolute atomic E-state index is 0.0327. The van der Waals surface area contributed by atoms with Gasteiger partial charge in [0.1, 0.15) is 28.8 Å². The van der Waals surface area contributed by atoms with Crippen molar-refractivity contribution in [2.45, 2.75) is 20.4 Å². The Labute approximate surface area is 234 Å². The number of hydrogen-bond acceptors (Lipinski definition) is 9. The van der Waals surface area contributed by atoms with E-state index < -0.39 is 21.7 Å². The van der Waals surface area contributed by atoms with Gasteiger partial charge in [0.25, 0.3) is 0 Å². The number of nitrogens with one attached hydrogen (secondary N) is 2. The number of sulfonamides is 1. The van der Waals surface area contributed by atoms with Gasteiger partial charge in [-0.3, -0.25) is 14.4 Å². The molecule has 5 aromatic rings. The maximum Gasteiger partial charge on any atom is 0.232 e. The van der Waals surface area contributed by atoms with E-state index in [2.05, 4.69) is 30.1 Å². The maximum absolute atomic E-state index is 14.9. The van der Waals surface area contributed by atoms with Crippen molar-refractivity contribution in [3.05, 3.63) is 78.1 Å². The van der Waals surface area contributed by atoms with E-state index in [1.54, 1.807) is 55.7 Å². The summed E-state index contributed by atoms with van der Waals surface area (Å²) in [5.41, 5.74) is 7.44. The third-order valence-corrected chi connectivity index (χ3v) is 7.40. The number of pyridine rings is 1. The van der Waals surface area contributed by atoms with Crippen molar-refractivity contribution in [2.24, 2.45) is 0 Å². The molecule has 0 atom stereocenters. The van der Waals surface area contributed by atoms with Gasteiger partial charge in [-0.25, -0.2) is 27.2 Å². The first-order chi connectivity index (χ1) is 19.7. The lowest BCUT2D eigenvalue weighted by Gasteiger charge is -2.15. The Bertz CT molecular complexity index is 1810. The normalized spacial score (nSPS) is 11.5. The molecule has 5 rings (SSSR count). The second kappa shape index (κ2) is 11.3. The minimum Gasteiger partial charge on any atom is -0.494 e. The zero-order chi connectivity index (χ0) is 29.1. The average Bonchev–Trinajstić information content (AvgIpc) is 3.32. The van der Waals surface area contributed by atoms with Gasteiger partial charge in [-0.05, 0) is 32.0 Å². The van der Waals surface area contributed by atoms with Crippen LogP contribution in [0.1, 0.15) is 19.4 Å². The van der Waals surface area contributed by atoms with Crippen molar-refractivity contribution in [1.29, 1.82) is 0 Å². The van der Waals surface area contributed by atoms with Gasteiger partial charge in [0, 0.05) is 41.2 Å². The highest BCUT2D eigenvalue weighted by Crippen LogP contribution is 2.34. The van der Waals surface area contributed by atoms with Crippen LogP contribution in [0.2, 0.25) is 0 Å². The van der Waals surface area contributed by atoms with Crippen LogP contribution in [-0.4, -0.2) is 45.5 Å². The molecule has 0 fully saturated rings. The summed E-state index contributed by atoms with van der Waals surface area (Å²) in [5, 5.41) is 8.25. The zero-order valence-electron chi connectivity index (χ0n) is 22.1. The molecule has 0 radical (unpaired) electrons. The van der Waals surface area contributed by atoms with Crippen LogP contribution in [0.15, 0.2) is 60.9 Å². The number of rotatable bonds is 10. The Morgan fingerprint density at radius 2 is 1.73 bits per heavy atom. The van der Waals surface area contributed by atoms with Gasteiger partial charge in [-0.2, -0.15) is 5.10 Å². The SMILES string of the molecule is CCOc1cc(F)c(Cn2nc(-c3nc(N)c(NS(=O)(=O)CC)c(Nc4ccncc4)n3)c3ccccc32)c(F)c1. The fraction of sp³-hybridized carbons (Fsp3) is 0.185. The van der Waals surface area contributed by atoms with Crippen molar-refractivity contribution >= 4 is 43.9 Å². The summed E-state index contributed by atoms with van der Waals surface area (Å²) >= 11 is 0. The maximum atomic E-state index is 14.9. The topological polar surface area (TPSA) is 150 Å². The second-order valence-corrected chi connectivity index (χ2v) is 10.9.